The summed E-state index contributed by atoms with van der Waals surface area (Å²) in [7, 11) is -16.3. The molecule has 0 aromatic carbocycles. The number of aliphatic hydroxyl groups excluding tert-OH is 2. The van der Waals surface area contributed by atoms with Gasteiger partial charge in [-0.15, -0.1) is 11.8 Å². The summed E-state index contributed by atoms with van der Waals surface area (Å²) in [5.41, 5.74) is 4.31. The van der Waals surface area contributed by atoms with Gasteiger partial charge in [-0.05, 0) is 11.3 Å². The molecule has 54 heavy (non-hydrogen) atoms. The van der Waals surface area contributed by atoms with Crippen molar-refractivity contribution in [3.8, 4) is 0 Å². The fourth-order valence-corrected chi connectivity index (χ4v) is 8.15. The minimum absolute atomic E-state index is 0.0351. The Morgan fingerprint density at radius 1 is 1.11 bits per heavy atom. The van der Waals surface area contributed by atoms with Crippen molar-refractivity contribution in [2.75, 3.05) is 37.8 Å². The molecule has 23 nitrogen and oxygen atoms in total. The van der Waals surface area contributed by atoms with Crippen molar-refractivity contribution in [2.45, 2.75) is 71.2 Å². The van der Waals surface area contributed by atoms with Gasteiger partial charge < -0.3 is 50.9 Å². The van der Waals surface area contributed by atoms with Gasteiger partial charge in [0.1, 0.15) is 36.3 Å². The van der Waals surface area contributed by atoms with Crippen molar-refractivity contribution in [3.63, 3.8) is 0 Å². The maximum Gasteiger partial charge on any atom is 0.481 e. The monoisotopic (exact) mass is 849 g/mol. The van der Waals surface area contributed by atoms with Crippen LogP contribution in [0.5, 0.6) is 0 Å². The molecule has 1 aliphatic heterocycles. The summed E-state index contributed by atoms with van der Waals surface area (Å²) < 4.78 is 62.1. The highest BCUT2D eigenvalue weighted by Crippen LogP contribution is 2.61. The second kappa shape index (κ2) is 19.7. The van der Waals surface area contributed by atoms with E-state index in [9.17, 15) is 53.1 Å². The molecular weight excluding hydrogens is 803 g/mol. The molecule has 2 amide bonds. The molecule has 0 spiro atoms. The number of thioether (sulfide) groups is 1. The topological polar surface area (TPSA) is 347 Å². The summed E-state index contributed by atoms with van der Waals surface area (Å²) in [6.07, 6.45) is -3.63. The number of imidazole rings is 1. The number of aromatic nitrogens is 4. The van der Waals surface area contributed by atoms with Crippen LogP contribution in [0.25, 0.3) is 11.2 Å². The van der Waals surface area contributed by atoms with E-state index in [1.165, 1.54) is 13.8 Å². The van der Waals surface area contributed by atoms with E-state index in [1.54, 1.807) is 11.8 Å². The van der Waals surface area contributed by atoms with Crippen LogP contribution in [0.15, 0.2) is 24.1 Å². The largest absolute Gasteiger partial charge is 0.481 e. The molecule has 1 aliphatic rings. The van der Waals surface area contributed by atoms with E-state index < -0.39 is 78.6 Å². The quantitative estimate of drug-likeness (QED) is 0.0581. The maximum atomic E-state index is 12.7. The Morgan fingerprint density at radius 2 is 1.80 bits per heavy atom. The van der Waals surface area contributed by atoms with Crippen LogP contribution in [-0.4, -0.2) is 118 Å². The van der Waals surface area contributed by atoms with Crippen LogP contribution in [0.2, 0.25) is 0 Å². The predicted octanol–water partition coefficient (Wildman–Crippen LogP) is 0.698. The normalized spacial score (nSPS) is 22.9. The number of phosphoric acid groups is 3. The predicted molar refractivity (Wildman–Crippen MR) is 191 cm³/mol. The Kier molecular flexibility index (Phi) is 16.8. The third-order valence-corrected chi connectivity index (χ3v) is 11.7. The fourth-order valence-electron chi connectivity index (χ4n) is 4.58. The summed E-state index contributed by atoms with van der Waals surface area (Å²) >= 11 is 1.55. The molecular formula is C27H46N7O16P3S. The Labute approximate surface area is 313 Å². The number of hydrogen-bond acceptors (Lipinski definition) is 17. The molecule has 2 aromatic rings. The lowest BCUT2D eigenvalue weighted by Gasteiger charge is -2.30. The van der Waals surface area contributed by atoms with Gasteiger partial charge in [0.2, 0.25) is 11.8 Å². The number of fused-ring (bicyclic) bond motifs is 1. The number of rotatable bonds is 22. The summed E-state index contributed by atoms with van der Waals surface area (Å²) in [6, 6.07) is 0. The second-order valence-electron chi connectivity index (χ2n) is 12.7. The van der Waals surface area contributed by atoms with Crippen molar-refractivity contribution < 1.29 is 75.7 Å². The zero-order chi connectivity index (χ0) is 40.5. The summed E-state index contributed by atoms with van der Waals surface area (Å²) in [5, 5.41) is 28.5. The van der Waals surface area contributed by atoms with Gasteiger partial charge in [0.15, 0.2) is 17.7 Å². The first-order chi connectivity index (χ1) is 25.1. The molecule has 0 radical (unpaired) electrons. The van der Waals surface area contributed by atoms with E-state index in [4.69, 9.17) is 19.5 Å². The van der Waals surface area contributed by atoms with Crippen LogP contribution in [0.4, 0.5) is 5.82 Å². The fraction of sp³-hybridized carbons (Fsp3) is 0.667. The van der Waals surface area contributed by atoms with E-state index >= 15 is 0 Å². The van der Waals surface area contributed by atoms with Crippen LogP contribution in [0.3, 0.4) is 0 Å². The number of amides is 2. The third-order valence-electron chi connectivity index (χ3n) is 7.77. The Morgan fingerprint density at radius 3 is 2.46 bits per heavy atom. The molecule has 27 heteroatoms. The number of nitrogens with two attached hydrogens (primary N) is 1. The van der Waals surface area contributed by atoms with Gasteiger partial charge in [-0.1, -0.05) is 40.2 Å². The highest BCUT2D eigenvalue weighted by Gasteiger charge is 2.50. The average Bonchev–Trinajstić information content (AvgIpc) is 3.64. The number of phosphoric ester groups is 3. The van der Waals surface area contributed by atoms with Crippen LogP contribution in [0, 0.1) is 11.3 Å². The molecule has 3 unspecified atom stereocenters. The zero-order valence-electron chi connectivity index (χ0n) is 29.6. The first-order valence-electron chi connectivity index (χ1n) is 16.2. The Balaban J connectivity index is 1.50. The summed E-state index contributed by atoms with van der Waals surface area (Å²) in [5.74, 6) is -0.186. The number of ether oxygens (including phenoxy) is 1. The van der Waals surface area contributed by atoms with Gasteiger partial charge in [-0.2, -0.15) is 4.31 Å². The van der Waals surface area contributed by atoms with Crippen molar-refractivity contribution in [3.05, 3.63) is 24.1 Å². The summed E-state index contributed by atoms with van der Waals surface area (Å²) in [6.45, 7) is 5.03. The van der Waals surface area contributed by atoms with E-state index in [-0.39, 0.29) is 35.9 Å². The van der Waals surface area contributed by atoms with Gasteiger partial charge in [0, 0.05) is 30.7 Å². The molecule has 10 N–H and O–H groups in total. The van der Waals surface area contributed by atoms with Crippen LogP contribution < -0.4 is 16.4 Å². The molecule has 3 rings (SSSR count). The van der Waals surface area contributed by atoms with Gasteiger partial charge in [-0.25, -0.2) is 28.6 Å². The molecule has 0 saturated carbocycles. The molecule has 306 valence electrons. The first kappa shape index (κ1) is 46.0. The Bertz CT molecular complexity index is 1760. The number of hydrogen-bond donors (Lipinski definition) is 9. The van der Waals surface area contributed by atoms with Crippen LogP contribution in [-0.2, 0) is 45.9 Å². The van der Waals surface area contributed by atoms with Gasteiger partial charge in [0.05, 0.1) is 19.5 Å². The molecule has 3 heterocycles. The van der Waals surface area contributed by atoms with Crippen molar-refractivity contribution >= 4 is 64.0 Å². The lowest BCUT2D eigenvalue weighted by molar-refractivity contribution is -0.137. The van der Waals surface area contributed by atoms with Crippen LogP contribution >= 0.6 is 35.2 Å². The lowest BCUT2D eigenvalue weighted by atomic mass is 9.87. The number of nitrogen functional groups attached to an aromatic ring is 1. The van der Waals surface area contributed by atoms with E-state index in [0.29, 0.717) is 18.2 Å². The molecule has 0 aliphatic carbocycles. The number of allylic oxidation sites excluding steroid dienone is 1. The number of carbonyl (C=O) groups is 2. The third kappa shape index (κ3) is 14.0. The highest BCUT2D eigenvalue weighted by atomic mass is 32.2. The first-order valence-corrected chi connectivity index (χ1v) is 21.8. The molecule has 1 saturated heterocycles. The van der Waals surface area contributed by atoms with Crippen molar-refractivity contribution in [1.29, 1.82) is 0 Å². The molecule has 0 bridgehead atoms. The minimum Gasteiger partial charge on any atom is -0.386 e. The van der Waals surface area contributed by atoms with Gasteiger partial charge in [-0.3, -0.25) is 27.7 Å². The number of nitrogens with one attached hydrogen (secondary N) is 2. The number of carbonyl (C=O) groups excluding carboxylic acids is 2. The number of anilines is 1. The lowest BCUT2D eigenvalue weighted by Crippen LogP contribution is -2.46. The summed E-state index contributed by atoms with van der Waals surface area (Å²) in [4.78, 5) is 75.5. The molecule has 1 fully saturated rings. The van der Waals surface area contributed by atoms with Gasteiger partial charge in [0.25, 0.3) is 0 Å². The average molecular weight is 850 g/mol. The molecule has 8 atom stereocenters. The smallest absolute Gasteiger partial charge is 0.386 e. The second-order valence-corrected chi connectivity index (χ2v) is 17.9. The van der Waals surface area contributed by atoms with Crippen molar-refractivity contribution in [1.82, 2.24) is 30.2 Å². The molecule has 2 aromatic heterocycles. The van der Waals surface area contributed by atoms with E-state index in [0.717, 1.165) is 23.6 Å². The van der Waals surface area contributed by atoms with E-state index in [1.807, 2.05) is 5.41 Å². The minimum atomic E-state index is -5.55. The van der Waals surface area contributed by atoms with E-state index in [2.05, 4.69) is 54.3 Å². The van der Waals surface area contributed by atoms with Crippen LogP contribution in [0.1, 0.15) is 46.8 Å². The Hall–Kier alpha value is -2.37. The zero-order valence-corrected chi connectivity index (χ0v) is 33.1. The van der Waals surface area contributed by atoms with Gasteiger partial charge >= 0.3 is 23.5 Å². The number of aliphatic hydroxyl groups is 2. The highest BCUT2D eigenvalue weighted by molar-refractivity contribution is 8.02. The SMILES string of the molecule is CCC(C)C=CSCCNC(=O)CCNC(=O)[C@H](O)C(C)(C)COP(=O)(O)OP(=O)(O)OC[C@H]1O[C@@H](n2cnc3c(N)ncnc32)[C@H](O)[C@@H]1OP(=O)(O)O. The maximum absolute atomic E-state index is 12.7. The van der Waals surface area contributed by atoms with Crippen molar-refractivity contribution in [2.24, 2.45) is 11.3 Å². The standard InChI is InChI=1S/C27H46N7O16P3S/c1-5-16(2)7-10-54-11-9-29-18(35)6-8-30-25(38)22(37)27(3,4)13-47-53(44,45)50-52(42,43)46-12-17-21(49-51(39,40)41)20(36)26(48-17)34-15-33-19-23(28)31-14-32-24(19)34/h7,10,14-17,20-22,26,36-37H,5-6,8-9,11-13H2,1-4H3,(H,29,35)(H,30,38)(H,42,43)(H,44,45)(H2,28,31,32)(H2,39,40,41)/t16?,17-,20-,21-,22+,26-/m1/s1. The number of nitrogens with zero attached hydrogens (tertiary/aromatic N) is 4.